The number of methoxy groups -OCH3 is 1. The first-order valence-corrected chi connectivity index (χ1v) is 5.93. The maximum atomic E-state index is 13.7. The second kappa shape index (κ2) is 4.53. The van der Waals surface area contributed by atoms with Crippen LogP contribution in [0.15, 0.2) is 12.1 Å². The number of benzene rings is 1. The molecule has 0 unspecified atom stereocenters. The van der Waals surface area contributed by atoms with Crippen molar-refractivity contribution >= 4 is 0 Å². The Morgan fingerprint density at radius 1 is 1.29 bits per heavy atom. The highest BCUT2D eigenvalue weighted by atomic mass is 19.1. The Bertz CT molecular complexity index is 414. The first-order valence-electron chi connectivity index (χ1n) is 5.93. The zero-order valence-corrected chi connectivity index (χ0v) is 10.0. The maximum absolute atomic E-state index is 13.7. The fraction of sp³-hybridized carbons (Fsp3) is 0.538. The molecule has 0 radical (unpaired) electrons. The molecule has 1 fully saturated rings. The monoisotopic (exact) mass is 239 g/mol. The van der Waals surface area contributed by atoms with Crippen LogP contribution in [-0.4, -0.2) is 12.2 Å². The molecule has 3 nitrogen and oxygen atoms in total. The molecule has 0 spiro atoms. The van der Waals surface area contributed by atoms with Gasteiger partial charge in [-0.2, -0.15) is 0 Å². The van der Waals surface area contributed by atoms with Crippen molar-refractivity contribution in [2.45, 2.75) is 37.6 Å². The van der Waals surface area contributed by atoms with Gasteiger partial charge in [0, 0.05) is 17.2 Å². The van der Waals surface area contributed by atoms with E-state index in [0.29, 0.717) is 5.56 Å². The number of hydrogen-bond donors (Lipinski definition) is 2. The lowest BCUT2D eigenvalue weighted by Gasteiger charge is -2.34. The van der Waals surface area contributed by atoms with E-state index in [1.54, 1.807) is 0 Å². The highest BCUT2D eigenvalue weighted by molar-refractivity contribution is 5.44. The predicted octanol–water partition coefficient (Wildman–Crippen LogP) is 2.66. The van der Waals surface area contributed by atoms with Crippen molar-refractivity contribution < 1.29 is 14.2 Å². The highest BCUT2D eigenvalue weighted by Crippen LogP contribution is 2.40. The molecule has 1 aromatic carbocycles. The van der Waals surface area contributed by atoms with Crippen molar-refractivity contribution in [3.05, 3.63) is 23.5 Å². The third-order valence-corrected chi connectivity index (χ3v) is 3.55. The predicted molar refractivity (Wildman–Crippen MR) is 63.6 cm³/mol. The van der Waals surface area contributed by atoms with Crippen molar-refractivity contribution in [3.8, 4) is 11.5 Å². The summed E-state index contributed by atoms with van der Waals surface area (Å²) in [5.41, 5.74) is 6.17. The summed E-state index contributed by atoms with van der Waals surface area (Å²) in [5, 5.41) is 9.94. The Labute approximate surface area is 100 Å². The zero-order chi connectivity index (χ0) is 12.5. The van der Waals surface area contributed by atoms with Crippen LogP contribution >= 0.6 is 0 Å². The van der Waals surface area contributed by atoms with E-state index in [-0.39, 0.29) is 11.5 Å². The summed E-state index contributed by atoms with van der Waals surface area (Å²) in [5.74, 6) is -0.408. The molecule has 0 atom stereocenters. The molecule has 0 amide bonds. The van der Waals surface area contributed by atoms with Crippen LogP contribution in [0.25, 0.3) is 0 Å². The third kappa shape index (κ3) is 2.22. The lowest BCUT2D eigenvalue weighted by atomic mass is 9.77. The first-order chi connectivity index (χ1) is 8.07. The van der Waals surface area contributed by atoms with Gasteiger partial charge < -0.3 is 15.6 Å². The van der Waals surface area contributed by atoms with E-state index < -0.39 is 11.4 Å². The van der Waals surface area contributed by atoms with Gasteiger partial charge in [0.25, 0.3) is 0 Å². The van der Waals surface area contributed by atoms with Crippen molar-refractivity contribution in [1.29, 1.82) is 0 Å². The van der Waals surface area contributed by atoms with E-state index in [2.05, 4.69) is 0 Å². The van der Waals surface area contributed by atoms with Crippen molar-refractivity contribution in [2.75, 3.05) is 7.11 Å². The van der Waals surface area contributed by atoms with Gasteiger partial charge in [0.15, 0.2) is 11.6 Å². The number of hydrogen-bond acceptors (Lipinski definition) is 3. The Morgan fingerprint density at radius 2 is 1.94 bits per heavy atom. The molecule has 4 heteroatoms. The lowest BCUT2D eigenvalue weighted by molar-refractivity contribution is 0.289. The summed E-state index contributed by atoms with van der Waals surface area (Å²) >= 11 is 0. The van der Waals surface area contributed by atoms with E-state index in [4.69, 9.17) is 10.5 Å². The summed E-state index contributed by atoms with van der Waals surface area (Å²) in [6, 6.07) is 2.60. The van der Waals surface area contributed by atoms with Gasteiger partial charge in [-0.05, 0) is 18.9 Å². The van der Waals surface area contributed by atoms with E-state index in [0.717, 1.165) is 32.1 Å². The molecule has 1 aliphatic rings. The van der Waals surface area contributed by atoms with Gasteiger partial charge in [-0.1, -0.05) is 19.3 Å². The molecule has 94 valence electrons. The molecule has 0 bridgehead atoms. The fourth-order valence-corrected chi connectivity index (χ4v) is 2.55. The van der Waals surface area contributed by atoms with E-state index in [1.165, 1.54) is 19.2 Å². The minimum Gasteiger partial charge on any atom is -0.507 e. The number of nitrogens with two attached hydrogens (primary N) is 1. The Hall–Kier alpha value is -1.29. The third-order valence-electron chi connectivity index (χ3n) is 3.55. The summed E-state index contributed by atoms with van der Waals surface area (Å²) in [6.45, 7) is 0. The normalized spacial score (nSPS) is 19.0. The standard InChI is InChI=1S/C13H18FNO2/c1-17-12-8-11(16)9(7-10(12)14)13(15)5-3-2-4-6-13/h7-8,16H,2-6,15H2,1H3. The number of halogens is 1. The lowest BCUT2D eigenvalue weighted by Crippen LogP contribution is -2.38. The Kier molecular flexibility index (Phi) is 3.24. The van der Waals surface area contributed by atoms with E-state index in [1.807, 2.05) is 0 Å². The van der Waals surface area contributed by atoms with Gasteiger partial charge in [-0.25, -0.2) is 4.39 Å². The molecular formula is C13H18FNO2. The molecule has 1 aromatic rings. The van der Waals surface area contributed by atoms with Crippen LogP contribution in [0.2, 0.25) is 0 Å². The zero-order valence-electron chi connectivity index (χ0n) is 10.0. The minimum absolute atomic E-state index is 0.0210. The summed E-state index contributed by atoms with van der Waals surface area (Å²) in [7, 11) is 1.37. The van der Waals surface area contributed by atoms with E-state index in [9.17, 15) is 9.50 Å². The maximum Gasteiger partial charge on any atom is 0.165 e. The van der Waals surface area contributed by atoms with Crippen molar-refractivity contribution in [3.63, 3.8) is 0 Å². The van der Waals surface area contributed by atoms with Gasteiger partial charge in [0.1, 0.15) is 5.75 Å². The minimum atomic E-state index is -0.602. The summed E-state index contributed by atoms with van der Waals surface area (Å²) in [6.07, 6.45) is 4.75. The van der Waals surface area contributed by atoms with Gasteiger partial charge in [-0.3, -0.25) is 0 Å². The number of ether oxygens (including phenoxy) is 1. The average molecular weight is 239 g/mol. The van der Waals surface area contributed by atoms with Crippen LogP contribution in [0, 0.1) is 5.82 Å². The smallest absolute Gasteiger partial charge is 0.165 e. The molecule has 0 heterocycles. The summed E-state index contributed by atoms with van der Waals surface area (Å²) in [4.78, 5) is 0. The Balaban J connectivity index is 2.41. The van der Waals surface area contributed by atoms with Gasteiger partial charge in [-0.15, -0.1) is 0 Å². The van der Waals surface area contributed by atoms with Gasteiger partial charge in [0.2, 0.25) is 0 Å². The van der Waals surface area contributed by atoms with Gasteiger partial charge >= 0.3 is 0 Å². The number of phenolic OH excluding ortho intramolecular Hbond substituents is 1. The van der Waals surface area contributed by atoms with Crippen LogP contribution in [-0.2, 0) is 5.54 Å². The van der Waals surface area contributed by atoms with Crippen LogP contribution in [0.1, 0.15) is 37.7 Å². The first kappa shape index (κ1) is 12.2. The molecule has 3 N–H and O–H groups in total. The number of aromatic hydroxyl groups is 1. The molecule has 0 aromatic heterocycles. The van der Waals surface area contributed by atoms with Crippen LogP contribution in [0.5, 0.6) is 11.5 Å². The summed E-state index contributed by atoms with van der Waals surface area (Å²) < 4.78 is 18.5. The molecule has 17 heavy (non-hydrogen) atoms. The van der Waals surface area contributed by atoms with Crippen LogP contribution in [0.3, 0.4) is 0 Å². The SMILES string of the molecule is COc1cc(O)c(C2(N)CCCCC2)cc1F. The molecule has 1 aliphatic carbocycles. The van der Waals surface area contributed by atoms with Crippen molar-refractivity contribution in [2.24, 2.45) is 5.73 Å². The number of phenols is 1. The molecule has 0 aliphatic heterocycles. The fourth-order valence-electron chi connectivity index (χ4n) is 2.55. The van der Waals surface area contributed by atoms with E-state index >= 15 is 0 Å². The largest absolute Gasteiger partial charge is 0.507 e. The van der Waals surface area contributed by atoms with Crippen molar-refractivity contribution in [1.82, 2.24) is 0 Å². The second-order valence-electron chi connectivity index (χ2n) is 4.72. The second-order valence-corrected chi connectivity index (χ2v) is 4.72. The number of rotatable bonds is 2. The highest BCUT2D eigenvalue weighted by Gasteiger charge is 2.32. The molecule has 2 rings (SSSR count). The quantitative estimate of drug-likeness (QED) is 0.834. The van der Waals surface area contributed by atoms with Gasteiger partial charge in [0.05, 0.1) is 7.11 Å². The van der Waals surface area contributed by atoms with Crippen LogP contribution < -0.4 is 10.5 Å². The Morgan fingerprint density at radius 3 is 2.53 bits per heavy atom. The molecule has 1 saturated carbocycles. The molecular weight excluding hydrogens is 221 g/mol. The topological polar surface area (TPSA) is 55.5 Å². The molecule has 0 saturated heterocycles. The van der Waals surface area contributed by atoms with Crippen LogP contribution in [0.4, 0.5) is 4.39 Å². The average Bonchev–Trinajstić information content (AvgIpc) is 2.32.